The molecule has 0 heterocycles. The molecule has 0 aromatic rings. The van der Waals surface area contributed by atoms with Crippen LogP contribution >= 0.6 is 0 Å². The third kappa shape index (κ3) is 5.00. The highest BCUT2D eigenvalue weighted by atomic mass is 28.4. The van der Waals surface area contributed by atoms with Crippen molar-refractivity contribution in [1.29, 1.82) is 0 Å². The van der Waals surface area contributed by atoms with E-state index in [9.17, 15) is 0 Å². The van der Waals surface area contributed by atoms with Crippen molar-refractivity contribution in [2.45, 2.75) is 64.3 Å². The maximum atomic E-state index is 6.25. The van der Waals surface area contributed by atoms with Gasteiger partial charge >= 0.3 is 0 Å². The number of terminal acetylenes is 1. The molecule has 1 nitrogen and oxygen atoms in total. The molecule has 0 saturated heterocycles. The second-order valence-corrected chi connectivity index (χ2v) is 10.5. The number of hydrogen-bond donors (Lipinski definition) is 0. The molecule has 1 atom stereocenters. The Balaban J connectivity index is 4.32. The van der Waals surface area contributed by atoms with Crippen LogP contribution in [0, 0.1) is 12.3 Å². The van der Waals surface area contributed by atoms with Gasteiger partial charge in [0.1, 0.15) is 0 Å². The maximum absolute atomic E-state index is 6.25. The Morgan fingerprint density at radius 3 is 2.38 bits per heavy atom. The molecule has 0 N–H and O–H groups in total. The van der Waals surface area contributed by atoms with E-state index in [2.05, 4.69) is 46.4 Å². The normalized spacial score (nSPS) is 14.2. The van der Waals surface area contributed by atoms with E-state index in [1.165, 1.54) is 0 Å². The van der Waals surface area contributed by atoms with E-state index in [1.807, 2.05) is 6.08 Å². The van der Waals surface area contributed by atoms with Crippen molar-refractivity contribution in [1.82, 2.24) is 0 Å². The first-order chi connectivity index (χ1) is 7.24. The van der Waals surface area contributed by atoms with Crippen molar-refractivity contribution in [2.24, 2.45) is 0 Å². The van der Waals surface area contributed by atoms with Crippen LogP contribution in [0.25, 0.3) is 0 Å². The first-order valence-corrected chi connectivity index (χ1v) is 8.89. The van der Waals surface area contributed by atoms with Crippen LogP contribution in [-0.4, -0.2) is 14.4 Å². The molecule has 0 aliphatic carbocycles. The molecule has 0 bridgehead atoms. The lowest BCUT2D eigenvalue weighted by molar-refractivity contribution is 0.213. The van der Waals surface area contributed by atoms with Gasteiger partial charge in [0.05, 0.1) is 6.10 Å². The third-order valence-electron chi connectivity index (χ3n) is 3.32. The van der Waals surface area contributed by atoms with E-state index >= 15 is 0 Å². The molecule has 92 valence electrons. The lowest BCUT2D eigenvalue weighted by Gasteiger charge is -2.38. The summed E-state index contributed by atoms with van der Waals surface area (Å²) in [7, 11) is -1.67. The van der Waals surface area contributed by atoms with E-state index < -0.39 is 8.32 Å². The molecule has 0 amide bonds. The van der Waals surface area contributed by atoms with Gasteiger partial charge in [-0.05, 0) is 31.0 Å². The first kappa shape index (κ1) is 15.5. The van der Waals surface area contributed by atoms with E-state index in [0.717, 1.165) is 19.3 Å². The second-order valence-electron chi connectivity index (χ2n) is 5.75. The van der Waals surface area contributed by atoms with Crippen LogP contribution in [0.3, 0.4) is 0 Å². The highest BCUT2D eigenvalue weighted by molar-refractivity contribution is 6.74. The van der Waals surface area contributed by atoms with Gasteiger partial charge in [-0.15, -0.1) is 18.9 Å². The Hall–Kier alpha value is -0.523. The van der Waals surface area contributed by atoms with Crippen LogP contribution in [0.5, 0.6) is 0 Å². The van der Waals surface area contributed by atoms with Gasteiger partial charge in [0.25, 0.3) is 0 Å². The van der Waals surface area contributed by atoms with Gasteiger partial charge in [-0.2, -0.15) is 0 Å². The molecule has 0 fully saturated rings. The minimum Gasteiger partial charge on any atom is -0.411 e. The zero-order chi connectivity index (χ0) is 12.8. The molecule has 2 heteroatoms. The number of unbranched alkanes of at least 4 members (excludes halogenated alkanes) is 1. The fourth-order valence-electron chi connectivity index (χ4n) is 1.19. The lowest BCUT2D eigenvalue weighted by Crippen LogP contribution is -2.43. The Morgan fingerprint density at radius 2 is 2.00 bits per heavy atom. The van der Waals surface area contributed by atoms with Crippen LogP contribution in [-0.2, 0) is 4.43 Å². The zero-order valence-electron chi connectivity index (χ0n) is 11.5. The van der Waals surface area contributed by atoms with E-state index in [1.54, 1.807) is 0 Å². The summed E-state index contributed by atoms with van der Waals surface area (Å²) < 4.78 is 6.25. The molecule has 0 unspecified atom stereocenters. The van der Waals surface area contributed by atoms with Crippen molar-refractivity contribution in [2.75, 3.05) is 0 Å². The van der Waals surface area contributed by atoms with Gasteiger partial charge in [-0.1, -0.05) is 26.8 Å². The smallest absolute Gasteiger partial charge is 0.192 e. The fraction of sp³-hybridized carbons (Fsp3) is 0.714. The Bertz CT molecular complexity index is 255. The molecule has 0 spiro atoms. The molecule has 0 aromatic carbocycles. The largest absolute Gasteiger partial charge is 0.411 e. The van der Waals surface area contributed by atoms with Gasteiger partial charge in [0.2, 0.25) is 0 Å². The molecular formula is C14H26OSi. The SMILES string of the molecule is C#CCCC[C@H](C=C)O[Si](C)(C)C(C)(C)C. The first-order valence-electron chi connectivity index (χ1n) is 5.98. The highest BCUT2D eigenvalue weighted by Gasteiger charge is 2.38. The number of hydrogen-bond acceptors (Lipinski definition) is 1. The van der Waals surface area contributed by atoms with Crippen LogP contribution in [0.4, 0.5) is 0 Å². The molecular weight excluding hydrogens is 212 g/mol. The maximum Gasteiger partial charge on any atom is 0.192 e. The van der Waals surface area contributed by atoms with E-state index in [0.29, 0.717) is 0 Å². The predicted octanol–water partition coefficient (Wildman–Crippen LogP) is 4.37. The molecule has 0 radical (unpaired) electrons. The molecule has 16 heavy (non-hydrogen) atoms. The molecule has 0 aromatic heterocycles. The van der Waals surface area contributed by atoms with Gasteiger partial charge in [0.15, 0.2) is 8.32 Å². The van der Waals surface area contributed by atoms with Crippen LogP contribution in [0.15, 0.2) is 12.7 Å². The summed E-state index contributed by atoms with van der Waals surface area (Å²) in [6, 6.07) is 0. The van der Waals surface area contributed by atoms with Crippen molar-refractivity contribution in [3.8, 4) is 12.3 Å². The Labute approximate surface area is 102 Å². The van der Waals surface area contributed by atoms with Crippen LogP contribution in [0.1, 0.15) is 40.0 Å². The fourth-order valence-corrected chi connectivity index (χ4v) is 2.51. The third-order valence-corrected chi connectivity index (χ3v) is 7.83. The lowest BCUT2D eigenvalue weighted by atomic mass is 10.1. The summed E-state index contributed by atoms with van der Waals surface area (Å²) in [5.41, 5.74) is 0. The topological polar surface area (TPSA) is 9.23 Å². The van der Waals surface area contributed by atoms with Crippen LogP contribution < -0.4 is 0 Å². The average Bonchev–Trinajstić information content (AvgIpc) is 2.14. The predicted molar refractivity (Wildman–Crippen MR) is 75.0 cm³/mol. The molecule has 0 aliphatic heterocycles. The van der Waals surface area contributed by atoms with Crippen molar-refractivity contribution in [3.05, 3.63) is 12.7 Å². The van der Waals surface area contributed by atoms with Crippen molar-refractivity contribution >= 4 is 8.32 Å². The van der Waals surface area contributed by atoms with Gasteiger partial charge < -0.3 is 4.43 Å². The summed E-state index contributed by atoms with van der Waals surface area (Å²) in [6.45, 7) is 15.1. The van der Waals surface area contributed by atoms with Gasteiger partial charge in [-0.25, -0.2) is 0 Å². The number of rotatable bonds is 6. The minimum absolute atomic E-state index is 0.161. The quantitative estimate of drug-likeness (QED) is 0.289. The standard InChI is InChI=1S/C14H26OSi/c1-8-10-11-12-13(9-2)15-16(6,7)14(3,4)5/h1,9,13H,2,10-12H2,3-7H3/t13-/m0/s1. The second kappa shape index (κ2) is 6.27. The summed E-state index contributed by atoms with van der Waals surface area (Å²) in [4.78, 5) is 0. The zero-order valence-corrected chi connectivity index (χ0v) is 12.5. The summed E-state index contributed by atoms with van der Waals surface area (Å²) >= 11 is 0. The monoisotopic (exact) mass is 238 g/mol. The molecule has 0 rings (SSSR count). The van der Waals surface area contributed by atoms with Gasteiger partial charge in [0, 0.05) is 6.42 Å². The summed E-state index contributed by atoms with van der Waals surface area (Å²) in [6.07, 6.45) is 10.1. The van der Waals surface area contributed by atoms with Crippen molar-refractivity contribution < 1.29 is 4.43 Å². The van der Waals surface area contributed by atoms with Crippen molar-refractivity contribution in [3.63, 3.8) is 0 Å². The minimum atomic E-state index is -1.67. The highest BCUT2D eigenvalue weighted by Crippen LogP contribution is 2.37. The van der Waals surface area contributed by atoms with E-state index in [4.69, 9.17) is 10.8 Å². The van der Waals surface area contributed by atoms with Crippen LogP contribution in [0.2, 0.25) is 18.1 Å². The molecule has 0 aliphatic rings. The Morgan fingerprint density at radius 1 is 1.44 bits per heavy atom. The summed E-state index contributed by atoms with van der Waals surface area (Å²) in [5, 5.41) is 0.250. The average molecular weight is 238 g/mol. The van der Waals surface area contributed by atoms with E-state index in [-0.39, 0.29) is 11.1 Å². The summed E-state index contributed by atoms with van der Waals surface area (Å²) in [5.74, 6) is 2.66. The Kier molecular flexibility index (Phi) is 6.07. The molecule has 0 saturated carbocycles. The van der Waals surface area contributed by atoms with Gasteiger partial charge in [-0.3, -0.25) is 0 Å².